The summed E-state index contributed by atoms with van der Waals surface area (Å²) in [7, 11) is 0. The van der Waals surface area contributed by atoms with E-state index in [1.807, 2.05) is 0 Å². The second-order valence-corrected chi connectivity index (χ2v) is 4.65. The third kappa shape index (κ3) is 3.83. The van der Waals surface area contributed by atoms with Crippen molar-refractivity contribution in [1.82, 2.24) is 9.55 Å². The molecule has 2 heterocycles. The van der Waals surface area contributed by atoms with Crippen LogP contribution in [0.15, 0.2) is 6.20 Å². The van der Waals surface area contributed by atoms with Gasteiger partial charge in [0.2, 0.25) is 5.92 Å². The molecule has 1 unspecified atom stereocenters. The number of carboxylic acids is 1. The van der Waals surface area contributed by atoms with Crippen molar-refractivity contribution in [3.8, 4) is 0 Å². The summed E-state index contributed by atoms with van der Waals surface area (Å²) in [4.78, 5) is 14.5. The first-order valence-corrected chi connectivity index (χ1v) is 5.50. The number of alkyl halides is 2. The van der Waals surface area contributed by atoms with E-state index in [1.54, 1.807) is 0 Å². The molecule has 0 aliphatic carbocycles. The molecule has 1 aliphatic heterocycles. The van der Waals surface area contributed by atoms with Crippen molar-refractivity contribution in [3.63, 3.8) is 0 Å². The number of halogens is 2. The molecule has 18 heavy (non-hydrogen) atoms. The van der Waals surface area contributed by atoms with Gasteiger partial charge in [0.1, 0.15) is 5.97 Å². The molecule has 1 atom stereocenters. The van der Waals surface area contributed by atoms with Crippen LogP contribution in [-0.4, -0.2) is 21.4 Å². The molecule has 0 saturated heterocycles. The number of aromatic nitrogens is 2. The molecular formula is C11H13F2KN2O2. The van der Waals surface area contributed by atoms with E-state index in [4.69, 9.17) is 0 Å². The maximum absolute atomic E-state index is 12.9. The standard InChI is InChI=1S/C11H14F2N2O2.K/c1-11(12,13)4-7-2-3-8-5-14-9(10(16)17)15(8)6-7;/h5,7H,2-4,6H2,1H3,(H,16,17);/q;+1/p-1. The van der Waals surface area contributed by atoms with Crippen LogP contribution in [0.5, 0.6) is 0 Å². The van der Waals surface area contributed by atoms with Crippen LogP contribution in [0.25, 0.3) is 0 Å². The zero-order valence-electron chi connectivity index (χ0n) is 10.4. The Hall–Kier alpha value is 0.176. The van der Waals surface area contributed by atoms with Gasteiger partial charge in [-0.25, -0.2) is 13.8 Å². The van der Waals surface area contributed by atoms with Gasteiger partial charge in [0, 0.05) is 24.9 Å². The second kappa shape index (κ2) is 6.09. The minimum atomic E-state index is -2.72. The van der Waals surface area contributed by atoms with Crippen molar-refractivity contribution in [1.29, 1.82) is 0 Å². The van der Waals surface area contributed by atoms with Crippen LogP contribution in [-0.2, 0) is 13.0 Å². The first kappa shape index (κ1) is 16.2. The molecule has 1 aliphatic rings. The van der Waals surface area contributed by atoms with E-state index in [0.29, 0.717) is 12.8 Å². The van der Waals surface area contributed by atoms with Crippen LogP contribution < -0.4 is 56.5 Å². The number of aryl methyl sites for hydroxylation is 1. The summed E-state index contributed by atoms with van der Waals surface area (Å²) in [6.07, 6.45) is 2.48. The Morgan fingerprint density at radius 1 is 1.67 bits per heavy atom. The Balaban J connectivity index is 0.00000162. The van der Waals surface area contributed by atoms with Crippen molar-refractivity contribution in [2.24, 2.45) is 5.92 Å². The molecule has 94 valence electrons. The van der Waals surface area contributed by atoms with E-state index in [2.05, 4.69) is 4.98 Å². The number of hydrogen-bond acceptors (Lipinski definition) is 3. The van der Waals surface area contributed by atoms with Crippen LogP contribution in [0.2, 0.25) is 0 Å². The third-order valence-corrected chi connectivity index (χ3v) is 3.02. The number of carbonyl (C=O) groups excluding carboxylic acids is 1. The van der Waals surface area contributed by atoms with E-state index in [-0.39, 0.29) is 76.1 Å². The summed E-state index contributed by atoms with van der Waals surface area (Å²) >= 11 is 0. The molecule has 0 radical (unpaired) electrons. The number of rotatable bonds is 3. The largest absolute Gasteiger partial charge is 1.00 e. The van der Waals surface area contributed by atoms with Crippen molar-refractivity contribution in [3.05, 3.63) is 17.7 Å². The Labute approximate surface area is 146 Å². The number of fused-ring (bicyclic) bond motifs is 1. The number of carbonyl (C=O) groups is 1. The fraction of sp³-hybridized carbons (Fsp3) is 0.636. The monoisotopic (exact) mass is 282 g/mol. The topological polar surface area (TPSA) is 57.9 Å². The van der Waals surface area contributed by atoms with Gasteiger partial charge >= 0.3 is 51.4 Å². The molecule has 0 amide bonds. The van der Waals surface area contributed by atoms with Gasteiger partial charge in [-0.05, 0) is 25.7 Å². The van der Waals surface area contributed by atoms with Crippen LogP contribution in [0.4, 0.5) is 8.78 Å². The zero-order valence-corrected chi connectivity index (χ0v) is 13.6. The molecule has 0 fully saturated rings. The van der Waals surface area contributed by atoms with Crippen LogP contribution in [0, 0.1) is 5.92 Å². The van der Waals surface area contributed by atoms with Crippen LogP contribution >= 0.6 is 0 Å². The maximum atomic E-state index is 12.9. The normalized spacial score (nSPS) is 18.9. The molecule has 1 aromatic rings. The van der Waals surface area contributed by atoms with Crippen LogP contribution in [0.1, 0.15) is 36.1 Å². The van der Waals surface area contributed by atoms with E-state index in [0.717, 1.165) is 12.6 Å². The molecule has 7 heteroatoms. The number of carboxylic acid groups (broad SMARTS) is 1. The molecule has 0 aromatic carbocycles. The zero-order chi connectivity index (χ0) is 12.6. The Kier molecular flexibility index (Phi) is 5.49. The average molecular weight is 282 g/mol. The van der Waals surface area contributed by atoms with Crippen molar-refractivity contribution >= 4 is 5.97 Å². The number of imidazole rings is 1. The number of hydrogen-bond donors (Lipinski definition) is 0. The van der Waals surface area contributed by atoms with Gasteiger partial charge in [-0.15, -0.1) is 0 Å². The maximum Gasteiger partial charge on any atom is 1.00 e. The molecule has 4 nitrogen and oxygen atoms in total. The quantitative estimate of drug-likeness (QED) is 0.595. The number of aromatic carboxylic acids is 1. The molecule has 0 spiro atoms. The summed E-state index contributed by atoms with van der Waals surface area (Å²) in [6, 6.07) is 0. The minimum absolute atomic E-state index is 0. The summed E-state index contributed by atoms with van der Waals surface area (Å²) in [5, 5.41) is 10.8. The SMILES string of the molecule is CC(F)(F)CC1CCc2cnc(C(=O)[O-])n2C1.[K+]. The first-order valence-electron chi connectivity index (χ1n) is 5.50. The van der Waals surface area contributed by atoms with Gasteiger partial charge in [0.05, 0.1) is 0 Å². The van der Waals surface area contributed by atoms with Gasteiger partial charge in [0.15, 0.2) is 5.82 Å². The Morgan fingerprint density at radius 3 is 2.89 bits per heavy atom. The predicted octanol–water partition coefficient (Wildman–Crippen LogP) is -2.14. The molecule has 2 rings (SSSR count). The second-order valence-electron chi connectivity index (χ2n) is 4.65. The van der Waals surface area contributed by atoms with E-state index >= 15 is 0 Å². The van der Waals surface area contributed by atoms with Gasteiger partial charge in [0.25, 0.3) is 0 Å². The summed E-state index contributed by atoms with van der Waals surface area (Å²) in [5.74, 6) is -4.45. The fourth-order valence-electron chi connectivity index (χ4n) is 2.35. The Morgan fingerprint density at radius 2 is 2.33 bits per heavy atom. The van der Waals surface area contributed by atoms with E-state index < -0.39 is 11.9 Å². The summed E-state index contributed by atoms with van der Waals surface area (Å²) < 4.78 is 27.3. The summed E-state index contributed by atoms with van der Waals surface area (Å²) in [6.45, 7) is 1.16. The van der Waals surface area contributed by atoms with Gasteiger partial charge < -0.3 is 14.5 Å². The molecule has 1 aromatic heterocycles. The van der Waals surface area contributed by atoms with E-state index in [9.17, 15) is 18.7 Å². The first-order chi connectivity index (χ1) is 7.87. The molecule has 0 saturated carbocycles. The average Bonchev–Trinajstić information content (AvgIpc) is 2.57. The van der Waals surface area contributed by atoms with Crippen molar-refractivity contribution in [2.75, 3.05) is 0 Å². The molecule has 0 bridgehead atoms. The van der Waals surface area contributed by atoms with E-state index in [1.165, 1.54) is 10.8 Å². The third-order valence-electron chi connectivity index (χ3n) is 3.02. The molecular weight excluding hydrogens is 269 g/mol. The molecule has 0 N–H and O–H groups in total. The predicted molar refractivity (Wildman–Crippen MR) is 53.6 cm³/mol. The van der Waals surface area contributed by atoms with Gasteiger partial charge in [-0.2, -0.15) is 0 Å². The van der Waals surface area contributed by atoms with Gasteiger partial charge in [-0.1, -0.05) is 0 Å². The fourth-order valence-corrected chi connectivity index (χ4v) is 2.35. The van der Waals surface area contributed by atoms with Crippen molar-refractivity contribution < 1.29 is 70.1 Å². The van der Waals surface area contributed by atoms with Gasteiger partial charge in [-0.3, -0.25) is 0 Å². The minimum Gasteiger partial charge on any atom is -0.542 e. The van der Waals surface area contributed by atoms with Crippen LogP contribution in [0.3, 0.4) is 0 Å². The number of nitrogens with zero attached hydrogens (tertiary/aromatic N) is 2. The smallest absolute Gasteiger partial charge is 0.542 e. The van der Waals surface area contributed by atoms with Crippen molar-refractivity contribution in [2.45, 2.75) is 38.7 Å². The summed E-state index contributed by atoms with van der Waals surface area (Å²) in [5.41, 5.74) is 0.778. The Bertz CT molecular complexity index is 443.